The first kappa shape index (κ1) is 14.3. The van der Waals surface area contributed by atoms with Crippen molar-refractivity contribution < 1.29 is 4.79 Å². The lowest BCUT2D eigenvalue weighted by molar-refractivity contribution is -0.150. The molecule has 6 nitrogen and oxygen atoms in total. The number of anilines is 1. The maximum absolute atomic E-state index is 12.6. The van der Waals surface area contributed by atoms with Gasteiger partial charge >= 0.3 is 0 Å². The average Bonchev–Trinajstić information content (AvgIpc) is 2.51. The van der Waals surface area contributed by atoms with Gasteiger partial charge < -0.3 is 9.80 Å². The molecule has 0 N–H and O–H groups in total. The Bertz CT molecular complexity index is 521. The molecule has 0 radical (unpaired) electrons. The molecule has 2 fully saturated rings. The molecule has 2 aliphatic heterocycles. The number of piperidine rings is 1. The predicted octanol–water partition coefficient (Wildman–Crippen LogP) is 0.528. The van der Waals surface area contributed by atoms with E-state index >= 15 is 0 Å². The van der Waals surface area contributed by atoms with Crippen molar-refractivity contribution in [2.45, 2.75) is 25.3 Å². The monoisotopic (exact) mass is 289 g/mol. The van der Waals surface area contributed by atoms with Gasteiger partial charge in [-0.25, -0.2) is 0 Å². The number of hydrogen-bond acceptors (Lipinski definition) is 5. The van der Waals surface area contributed by atoms with E-state index < -0.39 is 0 Å². The summed E-state index contributed by atoms with van der Waals surface area (Å²) >= 11 is 0. The van der Waals surface area contributed by atoms with Crippen molar-refractivity contribution in [1.29, 1.82) is 0 Å². The van der Waals surface area contributed by atoms with Gasteiger partial charge in [0, 0.05) is 33.2 Å². The first-order chi connectivity index (χ1) is 10.0. The summed E-state index contributed by atoms with van der Waals surface area (Å²) < 4.78 is 0. The van der Waals surface area contributed by atoms with Gasteiger partial charge in [-0.2, -0.15) is 5.10 Å². The summed E-state index contributed by atoms with van der Waals surface area (Å²) in [4.78, 5) is 19.0. The second-order valence-corrected chi connectivity index (χ2v) is 6.20. The molecule has 2 saturated heterocycles. The number of nitrogens with zero attached hydrogens (tertiary/aromatic N) is 5. The van der Waals surface area contributed by atoms with Gasteiger partial charge in [-0.15, -0.1) is 5.10 Å². The molecule has 2 aliphatic rings. The zero-order valence-electron chi connectivity index (χ0n) is 13.0. The third kappa shape index (κ3) is 2.37. The number of aromatic nitrogens is 2. The van der Waals surface area contributed by atoms with Gasteiger partial charge in [-0.05, 0) is 38.9 Å². The number of carbonyl (C=O) groups is 1. The van der Waals surface area contributed by atoms with Crippen molar-refractivity contribution in [3.05, 3.63) is 17.8 Å². The number of rotatable bonds is 1. The topological polar surface area (TPSA) is 52.6 Å². The van der Waals surface area contributed by atoms with Crippen molar-refractivity contribution in [2.75, 3.05) is 45.2 Å². The summed E-state index contributed by atoms with van der Waals surface area (Å²) in [6.07, 6.45) is 1.70. The maximum atomic E-state index is 12.6. The molecule has 0 atom stereocenters. The molecule has 114 valence electrons. The lowest BCUT2D eigenvalue weighted by Crippen LogP contribution is -2.67. The second-order valence-electron chi connectivity index (χ2n) is 6.20. The average molecular weight is 289 g/mol. The minimum absolute atomic E-state index is 0.269. The second kappa shape index (κ2) is 5.26. The van der Waals surface area contributed by atoms with E-state index in [0.717, 1.165) is 50.5 Å². The molecular weight excluding hydrogens is 266 g/mol. The van der Waals surface area contributed by atoms with E-state index in [1.807, 2.05) is 31.0 Å². The molecule has 1 aromatic rings. The smallest absolute Gasteiger partial charge is 0.243 e. The van der Waals surface area contributed by atoms with E-state index in [1.54, 1.807) is 0 Å². The van der Waals surface area contributed by atoms with Gasteiger partial charge in [-0.3, -0.25) is 9.69 Å². The number of carbonyl (C=O) groups excluding carboxylic acids is 1. The highest BCUT2D eigenvalue weighted by Gasteiger charge is 2.48. The zero-order valence-corrected chi connectivity index (χ0v) is 13.0. The molecule has 1 aromatic heterocycles. The summed E-state index contributed by atoms with van der Waals surface area (Å²) in [5, 5.41) is 8.38. The van der Waals surface area contributed by atoms with Crippen LogP contribution in [0, 0.1) is 6.92 Å². The fourth-order valence-electron chi connectivity index (χ4n) is 3.40. The molecule has 3 rings (SSSR count). The molecule has 1 spiro atoms. The SMILES string of the molecule is Cc1ccc(N2CCC3(CC2)C(=O)N(C)CCN3C)nn1. The molecule has 6 heteroatoms. The molecule has 0 bridgehead atoms. The summed E-state index contributed by atoms with van der Waals surface area (Å²) in [6, 6.07) is 4.00. The van der Waals surface area contributed by atoms with Gasteiger partial charge in [0.25, 0.3) is 0 Å². The fraction of sp³-hybridized carbons (Fsp3) is 0.667. The lowest BCUT2D eigenvalue weighted by Gasteiger charge is -2.51. The fourth-order valence-corrected chi connectivity index (χ4v) is 3.40. The normalized spacial score (nSPS) is 22.9. The molecule has 3 heterocycles. The quantitative estimate of drug-likeness (QED) is 0.755. The van der Waals surface area contributed by atoms with Crippen LogP contribution in [0.1, 0.15) is 18.5 Å². The van der Waals surface area contributed by atoms with Crippen LogP contribution in [0.3, 0.4) is 0 Å². The van der Waals surface area contributed by atoms with Crippen molar-refractivity contribution >= 4 is 11.7 Å². The summed E-state index contributed by atoms with van der Waals surface area (Å²) in [5.41, 5.74) is 0.609. The lowest BCUT2D eigenvalue weighted by atomic mass is 9.83. The first-order valence-corrected chi connectivity index (χ1v) is 7.55. The Balaban J connectivity index is 1.74. The van der Waals surface area contributed by atoms with Gasteiger partial charge in [0.15, 0.2) is 5.82 Å². The van der Waals surface area contributed by atoms with E-state index in [0.29, 0.717) is 0 Å². The molecule has 0 aliphatic carbocycles. The third-order valence-corrected chi connectivity index (χ3v) is 4.94. The van der Waals surface area contributed by atoms with Crippen LogP contribution >= 0.6 is 0 Å². The van der Waals surface area contributed by atoms with Crippen molar-refractivity contribution in [3.8, 4) is 0 Å². The highest BCUT2D eigenvalue weighted by atomic mass is 16.2. The first-order valence-electron chi connectivity index (χ1n) is 7.55. The van der Waals surface area contributed by atoms with Gasteiger partial charge in [0.1, 0.15) is 5.54 Å². The van der Waals surface area contributed by atoms with Gasteiger partial charge in [0.2, 0.25) is 5.91 Å². The standard InChI is InChI=1S/C15H23N5O/c1-12-4-5-13(17-16-12)20-8-6-15(7-9-20)14(21)18(2)10-11-19(15)3/h4-5H,6-11H2,1-3H3. The van der Waals surface area contributed by atoms with Crippen LogP contribution in [0.15, 0.2) is 12.1 Å². The Morgan fingerprint density at radius 3 is 2.38 bits per heavy atom. The Kier molecular flexibility index (Phi) is 3.57. The maximum Gasteiger partial charge on any atom is 0.243 e. The van der Waals surface area contributed by atoms with E-state index in [2.05, 4.69) is 27.0 Å². The summed E-state index contributed by atoms with van der Waals surface area (Å²) in [5.74, 6) is 1.18. The Morgan fingerprint density at radius 2 is 1.76 bits per heavy atom. The number of piperazine rings is 1. The van der Waals surface area contributed by atoms with Gasteiger partial charge in [-0.1, -0.05) is 0 Å². The Hall–Kier alpha value is -1.69. The van der Waals surface area contributed by atoms with Crippen LogP contribution in [0.5, 0.6) is 0 Å². The third-order valence-electron chi connectivity index (χ3n) is 4.94. The van der Waals surface area contributed by atoms with Crippen molar-refractivity contribution in [2.24, 2.45) is 0 Å². The molecule has 0 aromatic carbocycles. The van der Waals surface area contributed by atoms with Crippen LogP contribution in [0.2, 0.25) is 0 Å². The predicted molar refractivity (Wildman–Crippen MR) is 81.2 cm³/mol. The van der Waals surface area contributed by atoms with Crippen molar-refractivity contribution in [1.82, 2.24) is 20.0 Å². The van der Waals surface area contributed by atoms with Crippen LogP contribution in [-0.4, -0.2) is 71.7 Å². The molecule has 1 amide bonds. The van der Waals surface area contributed by atoms with E-state index in [9.17, 15) is 4.79 Å². The number of likely N-dealkylation sites (N-methyl/N-ethyl adjacent to an activating group) is 2. The molecular formula is C15H23N5O. The van der Waals surface area contributed by atoms with Crippen LogP contribution in [-0.2, 0) is 4.79 Å². The van der Waals surface area contributed by atoms with E-state index in [4.69, 9.17) is 0 Å². The highest BCUT2D eigenvalue weighted by Crippen LogP contribution is 2.33. The van der Waals surface area contributed by atoms with Crippen LogP contribution in [0.4, 0.5) is 5.82 Å². The largest absolute Gasteiger partial charge is 0.355 e. The zero-order chi connectivity index (χ0) is 15.0. The molecule has 21 heavy (non-hydrogen) atoms. The van der Waals surface area contributed by atoms with Gasteiger partial charge in [0.05, 0.1) is 5.69 Å². The van der Waals surface area contributed by atoms with E-state index in [-0.39, 0.29) is 11.4 Å². The molecule has 0 unspecified atom stereocenters. The number of aryl methyl sites for hydroxylation is 1. The Labute approximate surface area is 125 Å². The summed E-state index contributed by atoms with van der Waals surface area (Å²) in [6.45, 7) is 5.41. The van der Waals surface area contributed by atoms with Crippen LogP contribution < -0.4 is 4.90 Å². The minimum Gasteiger partial charge on any atom is -0.355 e. The number of hydrogen-bond donors (Lipinski definition) is 0. The highest BCUT2D eigenvalue weighted by molar-refractivity contribution is 5.87. The van der Waals surface area contributed by atoms with Crippen molar-refractivity contribution in [3.63, 3.8) is 0 Å². The summed E-state index contributed by atoms with van der Waals surface area (Å²) in [7, 11) is 3.99. The van der Waals surface area contributed by atoms with Crippen LogP contribution in [0.25, 0.3) is 0 Å². The van der Waals surface area contributed by atoms with E-state index in [1.165, 1.54) is 0 Å². The Morgan fingerprint density at radius 1 is 1.05 bits per heavy atom. The number of amides is 1. The minimum atomic E-state index is -0.318. The molecule has 0 saturated carbocycles.